The third kappa shape index (κ3) is 7.36. The number of benzene rings is 2. The monoisotopic (exact) mass is 498 g/mol. The van der Waals surface area contributed by atoms with Crippen molar-refractivity contribution in [2.75, 3.05) is 0 Å². The third-order valence-corrected chi connectivity index (χ3v) is 4.72. The molecule has 0 amide bonds. The standard InChI is InChI=1S/C25H28N2O.2ClH.Fe/c1-17-11-7-9-13-21(17)26-18(2)23-15-16-24(28-23)19(3)27-22-14-10-8-12-20(22)25(4,5)6;;;/h7-16H,1-6H3;2*1H;/q;;;+2/p-2. The van der Waals surface area contributed by atoms with Gasteiger partial charge in [-0.3, -0.25) is 0 Å². The van der Waals surface area contributed by atoms with Gasteiger partial charge in [-0.05, 0) is 61.6 Å². The second kappa shape index (κ2) is 11.7. The summed E-state index contributed by atoms with van der Waals surface area (Å²) in [6, 6.07) is 20.3. The normalized spacial score (nSPS) is 12.5. The maximum absolute atomic E-state index is 6.06. The Morgan fingerprint density at radius 1 is 0.774 bits per heavy atom. The fourth-order valence-electron chi connectivity index (χ4n) is 3.09. The van der Waals surface area contributed by atoms with E-state index >= 15 is 0 Å². The van der Waals surface area contributed by atoms with Crippen LogP contribution in [0.1, 0.15) is 57.3 Å². The Labute approximate surface area is 200 Å². The Kier molecular flexibility index (Phi) is 9.58. The van der Waals surface area contributed by atoms with Crippen LogP contribution in [-0.2, 0) is 18.5 Å². The molecule has 3 rings (SSSR count). The summed E-state index contributed by atoms with van der Waals surface area (Å²) in [7, 11) is 9.53. The molecule has 6 heteroatoms. The number of hydrogen-bond acceptors (Lipinski definition) is 3. The Balaban J connectivity index is 0.00000107. The molecular weight excluding hydrogens is 471 g/mol. The van der Waals surface area contributed by atoms with Gasteiger partial charge in [0, 0.05) is 0 Å². The molecule has 1 heterocycles. The van der Waals surface area contributed by atoms with Gasteiger partial charge >= 0.3 is 33.3 Å². The van der Waals surface area contributed by atoms with E-state index in [-0.39, 0.29) is 18.5 Å². The van der Waals surface area contributed by atoms with E-state index in [1.807, 2.05) is 50.2 Å². The van der Waals surface area contributed by atoms with Crippen LogP contribution >= 0.6 is 20.2 Å². The SMILES string of the molecule is CC(=Nc1ccccc1C)c1ccc(C(C)=Nc2ccccc2C(C)(C)C)o1.[Cl][Fe][Cl]. The number of furan rings is 1. The zero-order valence-corrected chi connectivity index (χ0v) is 21.3. The van der Waals surface area contributed by atoms with Crippen molar-refractivity contribution in [2.24, 2.45) is 9.98 Å². The summed E-state index contributed by atoms with van der Waals surface area (Å²) in [5.41, 5.74) is 6.04. The van der Waals surface area contributed by atoms with Gasteiger partial charge in [-0.25, -0.2) is 9.98 Å². The van der Waals surface area contributed by atoms with E-state index in [0.717, 1.165) is 39.9 Å². The Bertz CT molecular complexity index is 1070. The van der Waals surface area contributed by atoms with Crippen molar-refractivity contribution in [3.63, 3.8) is 0 Å². The van der Waals surface area contributed by atoms with Crippen LogP contribution < -0.4 is 0 Å². The fourth-order valence-corrected chi connectivity index (χ4v) is 3.09. The Morgan fingerprint density at radius 3 is 1.74 bits per heavy atom. The average Bonchev–Trinajstić information content (AvgIpc) is 3.20. The van der Waals surface area contributed by atoms with E-state index in [9.17, 15) is 0 Å². The molecule has 0 atom stereocenters. The molecular formula is C25H28Cl2FeN2O. The Morgan fingerprint density at radius 2 is 1.23 bits per heavy atom. The summed E-state index contributed by atoms with van der Waals surface area (Å²) >= 11 is 0.194. The first-order valence-corrected chi connectivity index (χ1v) is 12.9. The maximum atomic E-state index is 6.06. The molecule has 0 unspecified atom stereocenters. The molecule has 3 nitrogen and oxygen atoms in total. The first-order chi connectivity index (χ1) is 14.7. The van der Waals surface area contributed by atoms with Gasteiger partial charge in [0.25, 0.3) is 0 Å². The zero-order valence-electron chi connectivity index (χ0n) is 18.7. The average molecular weight is 499 g/mol. The van der Waals surface area contributed by atoms with Gasteiger partial charge < -0.3 is 4.42 Å². The van der Waals surface area contributed by atoms with E-state index in [0.29, 0.717) is 0 Å². The van der Waals surface area contributed by atoms with Crippen LogP contribution in [0.5, 0.6) is 0 Å². The molecule has 0 N–H and O–H groups in total. The quantitative estimate of drug-likeness (QED) is 0.262. The van der Waals surface area contributed by atoms with Crippen molar-refractivity contribution in [1.82, 2.24) is 0 Å². The molecule has 2 aromatic carbocycles. The molecule has 31 heavy (non-hydrogen) atoms. The fraction of sp³-hybridized carbons (Fsp3) is 0.280. The molecule has 0 radical (unpaired) electrons. The van der Waals surface area contributed by atoms with Gasteiger partial charge in [0.15, 0.2) is 0 Å². The molecule has 3 aromatic rings. The first kappa shape index (κ1) is 25.4. The van der Waals surface area contributed by atoms with E-state index in [1.165, 1.54) is 5.56 Å². The van der Waals surface area contributed by atoms with Crippen LogP contribution in [0, 0.1) is 6.92 Å². The summed E-state index contributed by atoms with van der Waals surface area (Å²) < 4.78 is 6.06. The van der Waals surface area contributed by atoms with Gasteiger partial charge in [0.05, 0.1) is 22.8 Å². The number of aryl methyl sites for hydroxylation is 1. The topological polar surface area (TPSA) is 37.9 Å². The van der Waals surface area contributed by atoms with Crippen molar-refractivity contribution in [1.29, 1.82) is 0 Å². The van der Waals surface area contributed by atoms with Crippen LogP contribution in [0.25, 0.3) is 0 Å². The molecule has 0 saturated heterocycles. The van der Waals surface area contributed by atoms with Gasteiger partial charge in [-0.2, -0.15) is 0 Å². The predicted octanol–water partition coefficient (Wildman–Crippen LogP) is 8.54. The van der Waals surface area contributed by atoms with E-state index in [2.05, 4.69) is 52.0 Å². The summed E-state index contributed by atoms with van der Waals surface area (Å²) in [6.45, 7) is 12.6. The van der Waals surface area contributed by atoms with Crippen molar-refractivity contribution < 1.29 is 17.6 Å². The second-order valence-electron chi connectivity index (χ2n) is 8.16. The number of hydrogen-bond donors (Lipinski definition) is 0. The minimum absolute atomic E-state index is 0.0332. The van der Waals surface area contributed by atoms with Gasteiger partial charge in [-0.15, -0.1) is 0 Å². The van der Waals surface area contributed by atoms with Crippen molar-refractivity contribution in [3.8, 4) is 0 Å². The van der Waals surface area contributed by atoms with Crippen LogP contribution in [-0.4, -0.2) is 11.4 Å². The molecule has 166 valence electrons. The van der Waals surface area contributed by atoms with Crippen molar-refractivity contribution in [2.45, 2.75) is 47.0 Å². The van der Waals surface area contributed by atoms with Crippen molar-refractivity contribution in [3.05, 3.63) is 83.3 Å². The summed E-state index contributed by atoms with van der Waals surface area (Å²) in [4.78, 5) is 9.56. The molecule has 0 spiro atoms. The summed E-state index contributed by atoms with van der Waals surface area (Å²) in [5, 5.41) is 0. The number of halogens is 2. The number of aliphatic imine (C=N–C) groups is 2. The molecule has 0 aliphatic rings. The second-order valence-corrected chi connectivity index (χ2v) is 9.99. The predicted molar refractivity (Wildman–Crippen MR) is 130 cm³/mol. The number of rotatable bonds is 4. The molecule has 0 aliphatic carbocycles. The van der Waals surface area contributed by atoms with E-state index < -0.39 is 0 Å². The molecule has 0 fully saturated rings. The van der Waals surface area contributed by atoms with E-state index in [4.69, 9.17) is 34.6 Å². The van der Waals surface area contributed by atoms with Crippen molar-refractivity contribution >= 4 is 43.0 Å². The summed E-state index contributed by atoms with van der Waals surface area (Å²) in [5.74, 6) is 1.52. The molecule has 0 saturated carbocycles. The Hall–Kier alpha value is -1.84. The molecule has 0 bridgehead atoms. The molecule has 1 aromatic heterocycles. The van der Waals surface area contributed by atoms with Gasteiger partial charge in [0.1, 0.15) is 11.5 Å². The van der Waals surface area contributed by atoms with Crippen LogP contribution in [0.4, 0.5) is 11.4 Å². The third-order valence-electron chi connectivity index (χ3n) is 4.72. The van der Waals surface area contributed by atoms with Crippen LogP contribution in [0.2, 0.25) is 0 Å². The molecule has 0 aliphatic heterocycles. The minimum atomic E-state index is 0.0332. The van der Waals surface area contributed by atoms with Gasteiger partial charge in [-0.1, -0.05) is 57.2 Å². The number of para-hydroxylation sites is 2. The summed E-state index contributed by atoms with van der Waals surface area (Å²) in [6.07, 6.45) is 0. The zero-order chi connectivity index (χ0) is 23.0. The van der Waals surface area contributed by atoms with E-state index in [1.54, 1.807) is 0 Å². The first-order valence-electron chi connectivity index (χ1n) is 9.89. The van der Waals surface area contributed by atoms with Gasteiger partial charge in [0.2, 0.25) is 0 Å². The van der Waals surface area contributed by atoms with Crippen LogP contribution in [0.15, 0.2) is 75.1 Å². The number of nitrogens with zero attached hydrogens (tertiary/aromatic N) is 2. The van der Waals surface area contributed by atoms with Crippen LogP contribution in [0.3, 0.4) is 0 Å².